The van der Waals surface area contributed by atoms with Crippen LogP contribution in [0.2, 0.25) is 0 Å². The van der Waals surface area contributed by atoms with Crippen LogP contribution in [0.5, 0.6) is 0 Å². The van der Waals surface area contributed by atoms with Crippen molar-refractivity contribution < 1.29 is 29.4 Å². The number of carbonyl (C=O) groups is 4. The van der Waals surface area contributed by atoms with Crippen LogP contribution in [0.4, 0.5) is 0 Å². The highest BCUT2D eigenvalue weighted by Gasteiger charge is 2.59. The monoisotopic (exact) mass is 827 g/mol. The van der Waals surface area contributed by atoms with Gasteiger partial charge in [0.2, 0.25) is 0 Å². The van der Waals surface area contributed by atoms with E-state index in [9.17, 15) is 29.4 Å². The van der Waals surface area contributed by atoms with E-state index in [2.05, 4.69) is 20.8 Å². The molecule has 0 saturated heterocycles. The van der Waals surface area contributed by atoms with Gasteiger partial charge in [-0.2, -0.15) is 0 Å². The highest BCUT2D eigenvalue weighted by atomic mass is 16.3. The fourth-order valence-corrected chi connectivity index (χ4v) is 19.7. The van der Waals surface area contributed by atoms with Crippen LogP contribution < -0.4 is 0 Å². The summed E-state index contributed by atoms with van der Waals surface area (Å²) in [5.74, 6) is 13.9. The molecule has 6 nitrogen and oxygen atoms in total. The van der Waals surface area contributed by atoms with Gasteiger partial charge in [0, 0.05) is 49.4 Å². The zero-order valence-electron chi connectivity index (χ0n) is 37.9. The number of fused-ring (bicyclic) bond motifs is 15. The molecule has 6 heteroatoms. The first-order valence-corrected chi connectivity index (χ1v) is 26.2. The second-order valence-electron chi connectivity index (χ2n) is 24.8. The van der Waals surface area contributed by atoms with E-state index in [0.717, 1.165) is 161 Å². The Hall–Kier alpha value is -1.40. The normalized spacial score (nSPS) is 53.8. The number of aliphatic hydroxyl groups is 2. The van der Waals surface area contributed by atoms with Gasteiger partial charge in [-0.25, -0.2) is 0 Å². The number of Topliss-reactive ketones (excluding diaryl/α,β-unsaturated/α-hetero) is 4. The lowest BCUT2D eigenvalue weighted by Crippen LogP contribution is -2.49. The van der Waals surface area contributed by atoms with Crippen molar-refractivity contribution in [2.24, 2.45) is 105 Å². The summed E-state index contributed by atoms with van der Waals surface area (Å²) in [5.41, 5.74) is 0.249. The van der Waals surface area contributed by atoms with Gasteiger partial charge in [-0.1, -0.05) is 20.8 Å². The molecule has 334 valence electrons. The molecule has 60 heavy (non-hydrogen) atoms. The van der Waals surface area contributed by atoms with E-state index in [4.69, 9.17) is 0 Å². The van der Waals surface area contributed by atoms with Gasteiger partial charge < -0.3 is 10.2 Å². The molecule has 0 aliphatic heterocycles. The molecular weight excluding hydrogens is 745 g/mol. The third-order valence-electron chi connectivity index (χ3n) is 22.8. The third kappa shape index (κ3) is 7.04. The van der Waals surface area contributed by atoms with Crippen molar-refractivity contribution >= 4 is 23.1 Å². The molecule has 12 aliphatic rings. The second kappa shape index (κ2) is 16.2. The molecule has 0 aromatic heterocycles. The van der Waals surface area contributed by atoms with E-state index in [-0.39, 0.29) is 28.5 Å². The van der Waals surface area contributed by atoms with Crippen molar-refractivity contribution in [1.29, 1.82) is 0 Å². The van der Waals surface area contributed by atoms with Gasteiger partial charge in [-0.05, 0) is 229 Å². The largest absolute Gasteiger partial charge is 0.393 e. The van der Waals surface area contributed by atoms with Crippen molar-refractivity contribution in [3.8, 4) is 0 Å². The van der Waals surface area contributed by atoms with E-state index in [1.54, 1.807) is 0 Å². The van der Waals surface area contributed by atoms with E-state index in [1.807, 2.05) is 0 Å². The van der Waals surface area contributed by atoms with E-state index < -0.39 is 0 Å². The lowest BCUT2D eigenvalue weighted by molar-refractivity contribution is -0.135. The summed E-state index contributed by atoms with van der Waals surface area (Å²) in [4.78, 5) is 48.0. The highest BCUT2D eigenvalue weighted by Crippen LogP contribution is 2.64. The highest BCUT2D eigenvalue weighted by molar-refractivity contribution is 5.87. The maximum atomic E-state index is 12.3. The Kier molecular flexibility index (Phi) is 11.5. The van der Waals surface area contributed by atoms with Gasteiger partial charge in [-0.3, -0.25) is 19.2 Å². The summed E-state index contributed by atoms with van der Waals surface area (Å²) in [6.45, 7) is 6.86. The van der Waals surface area contributed by atoms with Crippen molar-refractivity contribution in [2.45, 2.75) is 206 Å². The van der Waals surface area contributed by atoms with Gasteiger partial charge in [0.25, 0.3) is 0 Å². The number of carbonyl (C=O) groups excluding carboxylic acids is 4. The Balaban J connectivity index is 0.000000108. The Morgan fingerprint density at radius 2 is 0.850 bits per heavy atom. The molecule has 0 bridgehead atoms. The molecule has 0 radical (unpaired) electrons. The van der Waals surface area contributed by atoms with Crippen molar-refractivity contribution in [3.05, 3.63) is 0 Å². The second-order valence-corrected chi connectivity index (χ2v) is 24.8. The molecule has 12 saturated carbocycles. The average molecular weight is 827 g/mol. The first kappa shape index (κ1) is 42.5. The number of aliphatic hydroxyl groups excluding tert-OH is 2. The fraction of sp³-hybridized carbons (Fsp3) is 0.926. The van der Waals surface area contributed by atoms with Crippen LogP contribution in [0.15, 0.2) is 0 Å². The molecule has 0 heterocycles. The number of ketones is 4. The van der Waals surface area contributed by atoms with Gasteiger partial charge in [0.15, 0.2) is 0 Å². The van der Waals surface area contributed by atoms with E-state index >= 15 is 0 Å². The molecule has 0 aromatic rings. The standard InChI is InChI=1S/2C18H28O2.C18H26O2/c3*1-18-9-8-14-13-5-3-12(19)10-11(13)2-4-15(14)16(18)6-7-17(18)20/h11,13-17,20H,2-10H2,1H3;11-16,19H,2-10H2,1H3;11,13-16H,2-10H2,1H3. The molecule has 0 aromatic carbocycles. The SMILES string of the molecule is CC12CCC3C4CCC(=O)CC4CCC3C1CCC2=O.CC12CCC3C4CCC(=O)CC4CCC3C1CCC2O.CC12CCC3C4CCC(O)CC4CCC3C1CCC2=O. The van der Waals surface area contributed by atoms with Crippen LogP contribution >= 0.6 is 0 Å². The molecule has 12 fully saturated rings. The summed E-state index contributed by atoms with van der Waals surface area (Å²) in [6.07, 6.45) is 30.3. The topological polar surface area (TPSA) is 109 Å². The van der Waals surface area contributed by atoms with Crippen LogP contribution in [0.3, 0.4) is 0 Å². The summed E-state index contributed by atoms with van der Waals surface area (Å²) in [6, 6.07) is 0. The first-order chi connectivity index (χ1) is 28.8. The van der Waals surface area contributed by atoms with Gasteiger partial charge in [-0.15, -0.1) is 0 Å². The molecule has 20 unspecified atom stereocenters. The quantitative estimate of drug-likeness (QED) is 0.252. The summed E-state index contributed by atoms with van der Waals surface area (Å²) in [5, 5.41) is 20.3. The zero-order valence-corrected chi connectivity index (χ0v) is 37.9. The zero-order chi connectivity index (χ0) is 41.7. The fourth-order valence-electron chi connectivity index (χ4n) is 19.7. The minimum atomic E-state index is -0.0564. The summed E-state index contributed by atoms with van der Waals surface area (Å²) >= 11 is 0. The van der Waals surface area contributed by atoms with Crippen LogP contribution in [0.25, 0.3) is 0 Å². The van der Waals surface area contributed by atoms with Crippen LogP contribution in [-0.2, 0) is 19.2 Å². The lowest BCUT2D eigenvalue weighted by Gasteiger charge is -2.55. The Morgan fingerprint density at radius 1 is 0.400 bits per heavy atom. The minimum absolute atomic E-state index is 0.0124. The van der Waals surface area contributed by atoms with Crippen molar-refractivity contribution in [3.63, 3.8) is 0 Å². The third-order valence-corrected chi connectivity index (χ3v) is 22.8. The van der Waals surface area contributed by atoms with Gasteiger partial charge in [0.05, 0.1) is 12.2 Å². The smallest absolute Gasteiger partial charge is 0.139 e. The Morgan fingerprint density at radius 3 is 1.38 bits per heavy atom. The van der Waals surface area contributed by atoms with Gasteiger partial charge in [0.1, 0.15) is 23.1 Å². The molecular formula is C54H82O6. The van der Waals surface area contributed by atoms with Gasteiger partial charge >= 0.3 is 0 Å². The predicted molar refractivity (Wildman–Crippen MR) is 233 cm³/mol. The Bertz CT molecular complexity index is 1670. The van der Waals surface area contributed by atoms with Crippen LogP contribution in [-0.4, -0.2) is 45.6 Å². The maximum Gasteiger partial charge on any atom is 0.139 e. The van der Waals surface area contributed by atoms with E-state index in [0.29, 0.717) is 46.8 Å². The number of hydrogen-bond acceptors (Lipinski definition) is 6. The average Bonchev–Trinajstić information content (AvgIpc) is 3.85. The molecule has 0 spiro atoms. The molecule has 20 atom stereocenters. The number of rotatable bonds is 0. The summed E-state index contributed by atoms with van der Waals surface area (Å²) in [7, 11) is 0. The first-order valence-electron chi connectivity index (χ1n) is 26.2. The Labute approximate surface area is 362 Å². The molecule has 0 amide bonds. The number of hydrogen-bond donors (Lipinski definition) is 2. The molecule has 12 aliphatic carbocycles. The van der Waals surface area contributed by atoms with Crippen LogP contribution in [0.1, 0.15) is 194 Å². The minimum Gasteiger partial charge on any atom is -0.393 e. The van der Waals surface area contributed by atoms with E-state index in [1.165, 1.54) is 77.0 Å². The molecule has 2 N–H and O–H groups in total. The van der Waals surface area contributed by atoms with Crippen molar-refractivity contribution in [2.75, 3.05) is 0 Å². The predicted octanol–water partition coefficient (Wildman–Crippen LogP) is 10.9. The van der Waals surface area contributed by atoms with Crippen LogP contribution in [0, 0.1) is 105 Å². The lowest BCUT2D eigenvalue weighted by atomic mass is 9.50. The van der Waals surface area contributed by atoms with Crippen molar-refractivity contribution in [1.82, 2.24) is 0 Å². The maximum absolute atomic E-state index is 12.3. The molecule has 12 rings (SSSR count). The summed E-state index contributed by atoms with van der Waals surface area (Å²) < 4.78 is 0.